The van der Waals surface area contributed by atoms with Gasteiger partial charge >= 0.3 is 0 Å². The summed E-state index contributed by atoms with van der Waals surface area (Å²) in [5.41, 5.74) is 8.83. The summed E-state index contributed by atoms with van der Waals surface area (Å²) in [5, 5.41) is 12.8. The quantitative estimate of drug-likeness (QED) is 0.684. The zero-order valence-corrected chi connectivity index (χ0v) is 9.74. The lowest BCUT2D eigenvalue weighted by atomic mass is 10.0. The van der Waals surface area contributed by atoms with Crippen molar-refractivity contribution in [3.63, 3.8) is 0 Å². The molecule has 2 rings (SSSR count). The maximum absolute atomic E-state index is 9.27. The van der Waals surface area contributed by atoms with Crippen LogP contribution in [0.1, 0.15) is 24.8 Å². The molecule has 1 aliphatic carbocycles. The van der Waals surface area contributed by atoms with Crippen LogP contribution in [0.4, 0.5) is 11.4 Å². The van der Waals surface area contributed by atoms with Crippen molar-refractivity contribution >= 4 is 11.4 Å². The SMILES string of the molecule is Cc1cc(N)ccc1NC1CCCC1CO. The number of aliphatic hydroxyl groups is 1. The molecule has 0 heterocycles. The largest absolute Gasteiger partial charge is 0.399 e. The number of benzene rings is 1. The van der Waals surface area contributed by atoms with E-state index in [0.717, 1.165) is 24.2 Å². The molecule has 0 amide bonds. The van der Waals surface area contributed by atoms with Crippen molar-refractivity contribution in [2.24, 2.45) is 5.92 Å². The number of nitrogens with two attached hydrogens (primary N) is 1. The molecule has 2 unspecified atom stereocenters. The summed E-state index contributed by atoms with van der Waals surface area (Å²) in [5.74, 6) is 0.400. The van der Waals surface area contributed by atoms with E-state index in [9.17, 15) is 5.11 Å². The number of aryl methyl sites for hydroxylation is 1. The molecule has 0 saturated heterocycles. The molecule has 1 aliphatic rings. The first kappa shape index (κ1) is 11.3. The van der Waals surface area contributed by atoms with Crippen LogP contribution in [0.25, 0.3) is 0 Å². The normalized spacial score (nSPS) is 24.6. The zero-order chi connectivity index (χ0) is 11.5. The summed E-state index contributed by atoms with van der Waals surface area (Å²) < 4.78 is 0. The highest BCUT2D eigenvalue weighted by Crippen LogP contribution is 2.29. The number of anilines is 2. The first-order valence-corrected chi connectivity index (χ1v) is 5.94. The second-order valence-electron chi connectivity index (χ2n) is 4.70. The Kier molecular flexibility index (Phi) is 3.34. The molecule has 1 aromatic carbocycles. The minimum Gasteiger partial charge on any atom is -0.399 e. The Balaban J connectivity index is 2.08. The van der Waals surface area contributed by atoms with Gasteiger partial charge in [0.1, 0.15) is 0 Å². The lowest BCUT2D eigenvalue weighted by molar-refractivity contribution is 0.222. The molecular formula is C13H20N2O. The highest BCUT2D eigenvalue weighted by Gasteiger charge is 2.26. The number of nitrogens with one attached hydrogen (secondary N) is 1. The third kappa shape index (κ3) is 2.30. The summed E-state index contributed by atoms with van der Waals surface area (Å²) in [6.07, 6.45) is 3.48. The molecule has 0 radical (unpaired) electrons. The Labute approximate surface area is 96.7 Å². The molecule has 4 N–H and O–H groups in total. The van der Waals surface area contributed by atoms with Crippen molar-refractivity contribution in [3.8, 4) is 0 Å². The van der Waals surface area contributed by atoms with Crippen molar-refractivity contribution < 1.29 is 5.11 Å². The fourth-order valence-corrected chi connectivity index (χ4v) is 2.49. The topological polar surface area (TPSA) is 58.3 Å². The molecule has 2 atom stereocenters. The molecular weight excluding hydrogens is 200 g/mol. The molecule has 16 heavy (non-hydrogen) atoms. The van der Waals surface area contributed by atoms with E-state index >= 15 is 0 Å². The van der Waals surface area contributed by atoms with E-state index in [0.29, 0.717) is 12.0 Å². The molecule has 3 heteroatoms. The van der Waals surface area contributed by atoms with Gasteiger partial charge in [0.25, 0.3) is 0 Å². The van der Waals surface area contributed by atoms with Crippen molar-refractivity contribution in [1.82, 2.24) is 0 Å². The van der Waals surface area contributed by atoms with Crippen LogP contribution in [0, 0.1) is 12.8 Å². The molecule has 88 valence electrons. The fourth-order valence-electron chi connectivity index (χ4n) is 2.49. The summed E-state index contributed by atoms with van der Waals surface area (Å²) in [6.45, 7) is 2.34. The minimum absolute atomic E-state index is 0.283. The Hall–Kier alpha value is -1.22. The number of aliphatic hydroxyl groups excluding tert-OH is 1. The number of hydrogen-bond acceptors (Lipinski definition) is 3. The average Bonchev–Trinajstić information content (AvgIpc) is 2.69. The molecule has 3 nitrogen and oxygen atoms in total. The second-order valence-corrected chi connectivity index (χ2v) is 4.70. The Morgan fingerprint density at radius 2 is 2.25 bits per heavy atom. The van der Waals surface area contributed by atoms with Gasteiger partial charge in [-0.3, -0.25) is 0 Å². The fraction of sp³-hybridized carbons (Fsp3) is 0.538. The van der Waals surface area contributed by atoms with Crippen LogP contribution in [0.2, 0.25) is 0 Å². The minimum atomic E-state index is 0.283. The lowest BCUT2D eigenvalue weighted by Crippen LogP contribution is -2.26. The van der Waals surface area contributed by atoms with Crippen molar-refractivity contribution in [3.05, 3.63) is 23.8 Å². The van der Waals surface area contributed by atoms with E-state index in [4.69, 9.17) is 5.73 Å². The number of hydrogen-bond donors (Lipinski definition) is 3. The van der Waals surface area contributed by atoms with Gasteiger partial charge in [-0.1, -0.05) is 6.42 Å². The number of rotatable bonds is 3. The Bertz CT molecular complexity index is 365. The molecule has 1 saturated carbocycles. The van der Waals surface area contributed by atoms with Gasteiger partial charge in [0.2, 0.25) is 0 Å². The average molecular weight is 220 g/mol. The predicted molar refractivity (Wildman–Crippen MR) is 67.4 cm³/mol. The first-order valence-electron chi connectivity index (χ1n) is 5.94. The first-order chi connectivity index (χ1) is 7.70. The maximum Gasteiger partial charge on any atom is 0.0478 e. The van der Waals surface area contributed by atoms with Crippen LogP contribution < -0.4 is 11.1 Å². The summed E-state index contributed by atoms with van der Waals surface area (Å²) >= 11 is 0. The van der Waals surface area contributed by atoms with Gasteiger partial charge in [-0.15, -0.1) is 0 Å². The van der Waals surface area contributed by atoms with E-state index in [2.05, 4.69) is 12.2 Å². The van der Waals surface area contributed by atoms with E-state index in [1.807, 2.05) is 18.2 Å². The van der Waals surface area contributed by atoms with Gasteiger partial charge < -0.3 is 16.2 Å². The standard InChI is InChI=1S/C13H20N2O/c1-9-7-11(14)5-6-12(9)15-13-4-2-3-10(13)8-16/h5-7,10,13,15-16H,2-4,8,14H2,1H3. The van der Waals surface area contributed by atoms with Gasteiger partial charge in [-0.05, 0) is 43.5 Å². The van der Waals surface area contributed by atoms with Crippen LogP contribution >= 0.6 is 0 Å². The number of nitrogen functional groups attached to an aromatic ring is 1. The zero-order valence-electron chi connectivity index (χ0n) is 9.74. The molecule has 0 bridgehead atoms. The van der Waals surface area contributed by atoms with Gasteiger partial charge in [-0.25, -0.2) is 0 Å². The van der Waals surface area contributed by atoms with Crippen LogP contribution in [0.15, 0.2) is 18.2 Å². The van der Waals surface area contributed by atoms with Crippen LogP contribution in [0.3, 0.4) is 0 Å². The van der Waals surface area contributed by atoms with Crippen molar-refractivity contribution in [1.29, 1.82) is 0 Å². The molecule has 1 aromatic rings. The van der Waals surface area contributed by atoms with Gasteiger partial charge in [0.15, 0.2) is 0 Å². The van der Waals surface area contributed by atoms with E-state index in [-0.39, 0.29) is 6.61 Å². The monoisotopic (exact) mass is 220 g/mol. The van der Waals surface area contributed by atoms with Crippen molar-refractivity contribution in [2.75, 3.05) is 17.7 Å². The van der Waals surface area contributed by atoms with Gasteiger partial charge in [0, 0.05) is 29.9 Å². The van der Waals surface area contributed by atoms with Crippen LogP contribution in [-0.2, 0) is 0 Å². The third-order valence-corrected chi connectivity index (χ3v) is 3.48. The maximum atomic E-state index is 9.27. The highest BCUT2D eigenvalue weighted by molar-refractivity contribution is 5.58. The molecule has 1 fully saturated rings. The van der Waals surface area contributed by atoms with E-state index in [1.54, 1.807) is 0 Å². The van der Waals surface area contributed by atoms with Crippen LogP contribution in [0.5, 0.6) is 0 Å². The molecule has 0 aliphatic heterocycles. The second kappa shape index (κ2) is 4.74. The lowest BCUT2D eigenvalue weighted by Gasteiger charge is -2.21. The molecule has 0 aromatic heterocycles. The predicted octanol–water partition coefficient (Wildman–Crippen LogP) is 2.15. The smallest absolute Gasteiger partial charge is 0.0478 e. The van der Waals surface area contributed by atoms with Crippen LogP contribution in [-0.4, -0.2) is 17.8 Å². The summed E-state index contributed by atoms with van der Waals surface area (Å²) in [7, 11) is 0. The van der Waals surface area contributed by atoms with Gasteiger partial charge in [-0.2, -0.15) is 0 Å². The summed E-state index contributed by atoms with van der Waals surface area (Å²) in [4.78, 5) is 0. The van der Waals surface area contributed by atoms with E-state index in [1.165, 1.54) is 12.0 Å². The molecule has 0 spiro atoms. The highest BCUT2D eigenvalue weighted by atomic mass is 16.3. The Morgan fingerprint density at radius 3 is 2.94 bits per heavy atom. The van der Waals surface area contributed by atoms with Gasteiger partial charge in [0.05, 0.1) is 0 Å². The Morgan fingerprint density at radius 1 is 1.44 bits per heavy atom. The van der Waals surface area contributed by atoms with Crippen molar-refractivity contribution in [2.45, 2.75) is 32.2 Å². The summed E-state index contributed by atoms with van der Waals surface area (Å²) in [6, 6.07) is 6.33. The third-order valence-electron chi connectivity index (χ3n) is 3.48. The van der Waals surface area contributed by atoms with E-state index < -0.39 is 0 Å².